The van der Waals surface area contributed by atoms with Gasteiger partial charge in [-0.25, -0.2) is 4.99 Å². The van der Waals surface area contributed by atoms with Crippen molar-refractivity contribution in [3.05, 3.63) is 94.0 Å². The molecule has 0 saturated carbocycles. The first-order valence-corrected chi connectivity index (χ1v) is 9.78. The third kappa shape index (κ3) is 4.17. The Kier molecular flexibility index (Phi) is 5.74. The molecule has 0 aliphatic heterocycles. The minimum Gasteiger partial charge on any atom is -0.494 e. The zero-order valence-corrected chi connectivity index (χ0v) is 17.4. The van der Waals surface area contributed by atoms with Crippen LogP contribution in [0.15, 0.2) is 82.2 Å². The van der Waals surface area contributed by atoms with E-state index in [1.165, 1.54) is 0 Å². The van der Waals surface area contributed by atoms with Gasteiger partial charge in [-0.3, -0.25) is 4.79 Å². The van der Waals surface area contributed by atoms with E-state index in [2.05, 4.69) is 10.3 Å². The van der Waals surface area contributed by atoms with Crippen LogP contribution >= 0.6 is 23.2 Å². The summed E-state index contributed by atoms with van der Waals surface area (Å²) in [7, 11) is 1.56. The fourth-order valence-electron chi connectivity index (χ4n) is 2.93. The number of hydrogen-bond acceptors (Lipinski definition) is 4. The Balaban J connectivity index is 1.86. The van der Waals surface area contributed by atoms with Gasteiger partial charge >= 0.3 is 0 Å². The molecule has 4 rings (SSSR count). The number of carbonyl (C=O) groups is 1. The summed E-state index contributed by atoms with van der Waals surface area (Å²) in [5.74, 6) is 0.148. The van der Waals surface area contributed by atoms with Crippen LogP contribution in [0.5, 0.6) is 5.75 Å². The van der Waals surface area contributed by atoms with Gasteiger partial charge in [-0.15, -0.1) is 0 Å². The molecule has 3 aromatic carbocycles. The van der Waals surface area contributed by atoms with Gasteiger partial charge in [0.15, 0.2) is 0 Å². The second-order valence-corrected chi connectivity index (χ2v) is 7.21. The van der Waals surface area contributed by atoms with Crippen LogP contribution in [0.1, 0.15) is 10.4 Å². The van der Waals surface area contributed by atoms with Crippen LogP contribution in [-0.4, -0.2) is 13.0 Å². The Labute approximate surface area is 182 Å². The number of nitrogens with zero attached hydrogens (tertiary/aromatic N) is 1. The minimum absolute atomic E-state index is 0.154. The predicted molar refractivity (Wildman–Crippen MR) is 119 cm³/mol. The van der Waals surface area contributed by atoms with Crippen LogP contribution in [-0.2, 0) is 0 Å². The number of nitrogens with one attached hydrogen (secondary N) is 1. The van der Waals surface area contributed by atoms with E-state index in [4.69, 9.17) is 32.4 Å². The second-order valence-electron chi connectivity index (χ2n) is 6.36. The van der Waals surface area contributed by atoms with Crippen LogP contribution in [0.2, 0.25) is 10.0 Å². The van der Waals surface area contributed by atoms with E-state index in [-0.39, 0.29) is 11.1 Å². The molecule has 0 aliphatic carbocycles. The second kappa shape index (κ2) is 8.61. The third-order valence-electron chi connectivity index (χ3n) is 4.39. The molecule has 1 heterocycles. The number of amides is 1. The monoisotopic (exact) mass is 438 g/mol. The first-order chi connectivity index (χ1) is 14.5. The Hall–Kier alpha value is -3.28. The number of carbonyl (C=O) groups excluding carboxylic acids is 1. The fourth-order valence-corrected chi connectivity index (χ4v) is 3.38. The zero-order valence-electron chi connectivity index (χ0n) is 15.9. The lowest BCUT2D eigenvalue weighted by Gasteiger charge is -2.09. The summed E-state index contributed by atoms with van der Waals surface area (Å²) in [4.78, 5) is 17.7. The van der Waals surface area contributed by atoms with Crippen molar-refractivity contribution < 1.29 is 13.9 Å². The van der Waals surface area contributed by atoms with Gasteiger partial charge in [0.05, 0.1) is 17.8 Å². The Morgan fingerprint density at radius 2 is 1.77 bits per heavy atom. The maximum atomic E-state index is 13.1. The van der Waals surface area contributed by atoms with Crippen LogP contribution < -0.4 is 15.6 Å². The van der Waals surface area contributed by atoms with Crippen molar-refractivity contribution >= 4 is 51.5 Å². The lowest BCUT2D eigenvalue weighted by atomic mass is 10.1. The normalized spacial score (nSPS) is 11.5. The summed E-state index contributed by atoms with van der Waals surface area (Å²) >= 11 is 12.1. The number of fused-ring (bicyclic) bond motifs is 1. The van der Waals surface area contributed by atoms with E-state index in [0.717, 1.165) is 5.39 Å². The molecule has 0 spiro atoms. The van der Waals surface area contributed by atoms with Gasteiger partial charge in [-0.1, -0.05) is 53.5 Å². The smallest absolute Gasteiger partial charge is 0.261 e. The summed E-state index contributed by atoms with van der Waals surface area (Å²) in [5.41, 5.74) is 1.98. The highest BCUT2D eigenvalue weighted by atomic mass is 35.5. The van der Waals surface area contributed by atoms with Crippen molar-refractivity contribution in [1.29, 1.82) is 0 Å². The number of para-hydroxylation sites is 3. The number of benzene rings is 3. The number of halogens is 2. The van der Waals surface area contributed by atoms with E-state index in [0.29, 0.717) is 32.8 Å². The molecule has 4 aromatic rings. The number of anilines is 1. The van der Waals surface area contributed by atoms with Crippen molar-refractivity contribution in [3.8, 4) is 5.75 Å². The molecule has 0 fully saturated rings. The molecule has 1 aromatic heterocycles. The van der Waals surface area contributed by atoms with E-state index in [9.17, 15) is 4.79 Å². The molecular formula is C23H16Cl2N2O3. The van der Waals surface area contributed by atoms with Gasteiger partial charge in [-0.2, -0.15) is 0 Å². The molecule has 1 amide bonds. The Morgan fingerprint density at radius 3 is 2.57 bits per heavy atom. The van der Waals surface area contributed by atoms with E-state index in [1.807, 2.05) is 36.4 Å². The minimum atomic E-state index is -0.414. The van der Waals surface area contributed by atoms with Gasteiger partial charge in [0.1, 0.15) is 22.6 Å². The van der Waals surface area contributed by atoms with Crippen LogP contribution in [0.25, 0.3) is 11.0 Å². The Morgan fingerprint density at radius 1 is 1.00 bits per heavy atom. The van der Waals surface area contributed by atoms with Crippen LogP contribution in [0.3, 0.4) is 0 Å². The summed E-state index contributed by atoms with van der Waals surface area (Å²) in [6.07, 6.45) is 0. The van der Waals surface area contributed by atoms with Gasteiger partial charge < -0.3 is 14.5 Å². The van der Waals surface area contributed by atoms with Crippen molar-refractivity contribution in [2.75, 3.05) is 12.4 Å². The highest BCUT2D eigenvalue weighted by Crippen LogP contribution is 2.27. The van der Waals surface area contributed by atoms with Crippen LogP contribution in [0.4, 0.5) is 11.4 Å². The average molecular weight is 439 g/mol. The van der Waals surface area contributed by atoms with E-state index >= 15 is 0 Å². The highest BCUT2D eigenvalue weighted by Gasteiger charge is 2.15. The standard InChI is InChI=1S/C23H16Cl2N2O3/c1-29-21-9-5-3-7-19(21)27-23-16(12-14-6-2-4-8-20(14)30-23)22(28)26-18-11-10-15(24)13-17(18)25/h2-13H,1H3,(H,26,28). The lowest BCUT2D eigenvalue weighted by Crippen LogP contribution is -2.21. The summed E-state index contributed by atoms with van der Waals surface area (Å²) in [6, 6.07) is 21.2. The number of hydrogen-bond donors (Lipinski definition) is 1. The molecular weight excluding hydrogens is 423 g/mol. The maximum Gasteiger partial charge on any atom is 0.261 e. The predicted octanol–water partition coefficient (Wildman–Crippen LogP) is 6.23. The number of rotatable bonds is 4. The van der Waals surface area contributed by atoms with Gasteiger partial charge in [0, 0.05) is 10.4 Å². The molecule has 5 nitrogen and oxygen atoms in total. The molecule has 0 bridgehead atoms. The van der Waals surface area contributed by atoms with Crippen molar-refractivity contribution in [2.45, 2.75) is 0 Å². The molecule has 0 atom stereocenters. The zero-order chi connectivity index (χ0) is 21.1. The molecule has 0 unspecified atom stereocenters. The Bertz CT molecular complexity index is 1320. The van der Waals surface area contributed by atoms with Crippen LogP contribution in [0, 0.1) is 0 Å². The molecule has 1 N–H and O–H groups in total. The molecule has 0 aliphatic rings. The number of methoxy groups -OCH3 is 1. The molecule has 150 valence electrons. The first-order valence-electron chi connectivity index (χ1n) is 9.02. The molecule has 0 saturated heterocycles. The van der Waals surface area contributed by atoms with Crippen molar-refractivity contribution in [2.24, 2.45) is 4.99 Å². The third-order valence-corrected chi connectivity index (χ3v) is 4.93. The fraction of sp³-hybridized carbons (Fsp3) is 0.0435. The maximum absolute atomic E-state index is 13.1. The van der Waals surface area contributed by atoms with Gasteiger partial charge in [0.2, 0.25) is 5.55 Å². The van der Waals surface area contributed by atoms with E-state index in [1.54, 1.807) is 43.5 Å². The molecule has 7 heteroatoms. The quantitative estimate of drug-likeness (QED) is 0.410. The summed E-state index contributed by atoms with van der Waals surface area (Å²) in [5, 5.41) is 4.37. The first kappa shape index (κ1) is 20.0. The molecule has 30 heavy (non-hydrogen) atoms. The van der Waals surface area contributed by atoms with Crippen molar-refractivity contribution in [1.82, 2.24) is 0 Å². The largest absolute Gasteiger partial charge is 0.494 e. The number of ether oxygens (including phenoxy) is 1. The van der Waals surface area contributed by atoms with Gasteiger partial charge in [-0.05, 0) is 42.5 Å². The SMILES string of the molecule is COc1ccccc1N=c1oc2ccccc2cc1C(=O)Nc1ccc(Cl)cc1Cl. The summed E-state index contributed by atoms with van der Waals surface area (Å²) in [6.45, 7) is 0. The van der Waals surface area contributed by atoms with Gasteiger partial charge in [0.25, 0.3) is 5.91 Å². The highest BCUT2D eigenvalue weighted by molar-refractivity contribution is 6.36. The molecule has 0 radical (unpaired) electrons. The summed E-state index contributed by atoms with van der Waals surface area (Å²) < 4.78 is 11.3. The van der Waals surface area contributed by atoms with Crippen molar-refractivity contribution in [3.63, 3.8) is 0 Å². The average Bonchev–Trinajstić information content (AvgIpc) is 2.75. The lowest BCUT2D eigenvalue weighted by molar-refractivity contribution is 0.102. The van der Waals surface area contributed by atoms with E-state index < -0.39 is 5.91 Å². The topological polar surface area (TPSA) is 63.8 Å².